The molecular weight excluding hydrogens is 316 g/mol. The molecule has 0 saturated carbocycles. The first kappa shape index (κ1) is 13.7. The largest absolute Gasteiger partial charge is 0.436 e. The number of nitrogens with zero attached hydrogens (tertiary/aromatic N) is 4. The summed E-state index contributed by atoms with van der Waals surface area (Å²) >= 11 is 0. The van der Waals surface area contributed by atoms with E-state index in [1.807, 2.05) is 36.5 Å². The highest BCUT2D eigenvalue weighted by Crippen LogP contribution is 2.34. The lowest BCUT2D eigenvalue weighted by molar-refractivity contribution is 0.620. The number of aromatic amines is 2. The Labute approximate surface area is 141 Å². The van der Waals surface area contributed by atoms with Crippen LogP contribution in [0.2, 0.25) is 0 Å². The van der Waals surface area contributed by atoms with Crippen molar-refractivity contribution in [1.82, 2.24) is 30.4 Å². The molecule has 25 heavy (non-hydrogen) atoms. The van der Waals surface area contributed by atoms with Crippen LogP contribution in [0.4, 0.5) is 0 Å². The van der Waals surface area contributed by atoms with Gasteiger partial charge in [0.25, 0.3) is 0 Å². The van der Waals surface area contributed by atoms with Gasteiger partial charge in [0.2, 0.25) is 5.89 Å². The van der Waals surface area contributed by atoms with Gasteiger partial charge in [-0.1, -0.05) is 12.1 Å². The first-order valence-electron chi connectivity index (χ1n) is 7.73. The lowest BCUT2D eigenvalue weighted by atomic mass is 10.0. The molecule has 7 nitrogen and oxygen atoms in total. The van der Waals surface area contributed by atoms with Crippen LogP contribution < -0.4 is 0 Å². The molecule has 5 rings (SSSR count). The van der Waals surface area contributed by atoms with Crippen molar-refractivity contribution in [3.8, 4) is 33.8 Å². The summed E-state index contributed by atoms with van der Waals surface area (Å²) in [7, 11) is 0. The number of nitrogens with one attached hydrogen (secondary N) is 2. The van der Waals surface area contributed by atoms with Gasteiger partial charge >= 0.3 is 0 Å². The molecule has 0 spiro atoms. The van der Waals surface area contributed by atoms with Crippen molar-refractivity contribution < 1.29 is 4.42 Å². The molecule has 120 valence electrons. The van der Waals surface area contributed by atoms with Crippen LogP contribution in [0.15, 0.2) is 65.7 Å². The average molecular weight is 328 g/mol. The molecule has 0 aliphatic rings. The Bertz CT molecular complexity index is 1110. The van der Waals surface area contributed by atoms with Crippen LogP contribution in [-0.2, 0) is 0 Å². The average Bonchev–Trinajstić information content (AvgIpc) is 3.42. The van der Waals surface area contributed by atoms with Crippen LogP contribution in [0.1, 0.15) is 0 Å². The van der Waals surface area contributed by atoms with E-state index in [0.29, 0.717) is 5.89 Å². The van der Waals surface area contributed by atoms with E-state index < -0.39 is 0 Å². The van der Waals surface area contributed by atoms with Gasteiger partial charge in [0, 0.05) is 35.3 Å². The van der Waals surface area contributed by atoms with Crippen LogP contribution in [0.5, 0.6) is 0 Å². The molecule has 0 fully saturated rings. The van der Waals surface area contributed by atoms with Crippen molar-refractivity contribution in [1.29, 1.82) is 0 Å². The van der Waals surface area contributed by atoms with E-state index in [4.69, 9.17) is 4.42 Å². The third-order valence-corrected chi connectivity index (χ3v) is 4.02. The Morgan fingerprint density at radius 3 is 2.40 bits per heavy atom. The molecule has 7 heteroatoms. The van der Waals surface area contributed by atoms with Gasteiger partial charge in [-0.25, -0.2) is 4.98 Å². The minimum Gasteiger partial charge on any atom is -0.436 e. The summed E-state index contributed by atoms with van der Waals surface area (Å²) in [6, 6.07) is 9.69. The zero-order valence-corrected chi connectivity index (χ0v) is 13.0. The van der Waals surface area contributed by atoms with Crippen LogP contribution in [0.3, 0.4) is 0 Å². The molecule has 0 amide bonds. The van der Waals surface area contributed by atoms with Gasteiger partial charge in [-0.2, -0.15) is 10.2 Å². The fourth-order valence-corrected chi connectivity index (χ4v) is 2.79. The number of pyridine rings is 1. The van der Waals surface area contributed by atoms with Gasteiger partial charge in [-0.05, 0) is 18.2 Å². The minimum atomic E-state index is 0.523. The van der Waals surface area contributed by atoms with Crippen molar-refractivity contribution in [3.63, 3.8) is 0 Å². The number of fused-ring (bicyclic) bond motifs is 1. The van der Waals surface area contributed by atoms with E-state index in [1.54, 1.807) is 24.8 Å². The Balaban J connectivity index is 1.75. The van der Waals surface area contributed by atoms with Gasteiger partial charge in [0.15, 0.2) is 5.58 Å². The third kappa shape index (κ3) is 2.29. The van der Waals surface area contributed by atoms with Gasteiger partial charge in [0.05, 0.1) is 23.7 Å². The van der Waals surface area contributed by atoms with Crippen LogP contribution in [0, 0.1) is 0 Å². The van der Waals surface area contributed by atoms with Crippen LogP contribution in [0.25, 0.3) is 44.9 Å². The van der Waals surface area contributed by atoms with E-state index in [0.717, 1.165) is 39.0 Å². The number of H-pyrrole nitrogens is 2. The monoisotopic (exact) mass is 328 g/mol. The molecule has 0 aliphatic carbocycles. The Morgan fingerprint density at radius 1 is 0.840 bits per heavy atom. The zero-order valence-electron chi connectivity index (χ0n) is 13.0. The summed E-state index contributed by atoms with van der Waals surface area (Å²) in [5.74, 6) is 0.523. The summed E-state index contributed by atoms with van der Waals surface area (Å²) in [6.07, 6.45) is 8.91. The molecule has 0 aliphatic heterocycles. The number of para-hydroxylation sites is 2. The van der Waals surface area contributed by atoms with Gasteiger partial charge in [-0.15, -0.1) is 0 Å². The van der Waals surface area contributed by atoms with Crippen molar-refractivity contribution in [3.05, 3.63) is 61.3 Å². The lowest BCUT2D eigenvalue weighted by Gasteiger charge is -2.06. The SMILES string of the molecule is c1ccc2oc(-c3cc(-c4cn[nH]c4)cnc3-c3cn[nH]c3)nc2c1. The second kappa shape index (κ2) is 5.41. The molecule has 0 unspecified atom stereocenters. The zero-order chi connectivity index (χ0) is 16.6. The van der Waals surface area contributed by atoms with Crippen LogP contribution in [-0.4, -0.2) is 30.4 Å². The van der Waals surface area contributed by atoms with E-state index >= 15 is 0 Å². The molecule has 5 aromatic rings. The second-order valence-electron chi connectivity index (χ2n) is 5.58. The number of oxazole rings is 1. The molecular formula is C18H12N6O. The molecule has 4 heterocycles. The van der Waals surface area contributed by atoms with Gasteiger partial charge in [-0.3, -0.25) is 15.2 Å². The normalized spacial score (nSPS) is 11.2. The first-order chi connectivity index (χ1) is 12.4. The minimum absolute atomic E-state index is 0.523. The molecule has 1 aromatic carbocycles. The predicted octanol–water partition coefficient (Wildman–Crippen LogP) is 3.67. The van der Waals surface area contributed by atoms with E-state index in [9.17, 15) is 0 Å². The Kier molecular flexibility index (Phi) is 2.96. The fourth-order valence-electron chi connectivity index (χ4n) is 2.79. The second-order valence-corrected chi connectivity index (χ2v) is 5.58. The van der Waals surface area contributed by atoms with Gasteiger partial charge in [0.1, 0.15) is 5.52 Å². The van der Waals surface area contributed by atoms with E-state index in [1.165, 1.54) is 0 Å². The third-order valence-electron chi connectivity index (χ3n) is 4.02. The van der Waals surface area contributed by atoms with E-state index in [-0.39, 0.29) is 0 Å². The molecule has 0 bridgehead atoms. The van der Waals surface area contributed by atoms with Gasteiger partial charge < -0.3 is 4.42 Å². The smallest absolute Gasteiger partial charge is 0.229 e. The van der Waals surface area contributed by atoms with Crippen molar-refractivity contribution >= 4 is 11.1 Å². The summed E-state index contributed by atoms with van der Waals surface area (Å²) in [5, 5.41) is 13.7. The lowest BCUT2D eigenvalue weighted by Crippen LogP contribution is -1.90. The maximum absolute atomic E-state index is 5.96. The highest BCUT2D eigenvalue weighted by molar-refractivity contribution is 5.83. The summed E-state index contributed by atoms with van der Waals surface area (Å²) < 4.78 is 5.96. The molecule has 4 aromatic heterocycles. The molecule has 0 saturated heterocycles. The maximum Gasteiger partial charge on any atom is 0.229 e. The summed E-state index contributed by atoms with van der Waals surface area (Å²) in [6.45, 7) is 0. The predicted molar refractivity (Wildman–Crippen MR) is 92.4 cm³/mol. The van der Waals surface area contributed by atoms with E-state index in [2.05, 4.69) is 30.4 Å². The Hall–Kier alpha value is -3.74. The summed E-state index contributed by atoms with van der Waals surface area (Å²) in [5.41, 5.74) is 5.86. The highest BCUT2D eigenvalue weighted by atomic mass is 16.3. The van der Waals surface area contributed by atoms with Crippen molar-refractivity contribution in [2.45, 2.75) is 0 Å². The van der Waals surface area contributed by atoms with Crippen molar-refractivity contribution in [2.24, 2.45) is 0 Å². The fraction of sp³-hybridized carbons (Fsp3) is 0. The quantitative estimate of drug-likeness (QED) is 0.527. The number of rotatable bonds is 3. The standard InChI is InChI=1S/C18H12N6O/c1-2-4-16-15(3-1)24-18(25-16)14-5-11(12-7-20-21-8-12)6-19-17(14)13-9-22-23-10-13/h1-10H,(H,20,21)(H,22,23). The van der Waals surface area contributed by atoms with Crippen LogP contribution >= 0.6 is 0 Å². The molecule has 0 atom stereocenters. The Morgan fingerprint density at radius 2 is 1.64 bits per heavy atom. The topological polar surface area (TPSA) is 96.3 Å². The number of aromatic nitrogens is 6. The first-order valence-corrected chi connectivity index (χ1v) is 7.73. The molecule has 2 N–H and O–H groups in total. The highest BCUT2D eigenvalue weighted by Gasteiger charge is 2.17. The summed E-state index contributed by atoms with van der Waals surface area (Å²) in [4.78, 5) is 9.24. The number of benzene rings is 1. The van der Waals surface area contributed by atoms with Crippen molar-refractivity contribution in [2.75, 3.05) is 0 Å². The number of hydrogen-bond acceptors (Lipinski definition) is 5. The number of hydrogen-bond donors (Lipinski definition) is 2. The molecule has 0 radical (unpaired) electrons. The maximum atomic E-state index is 5.96.